The lowest BCUT2D eigenvalue weighted by molar-refractivity contribution is -0.133. The lowest BCUT2D eigenvalue weighted by atomic mass is 10.0. The fourth-order valence-corrected chi connectivity index (χ4v) is 3.56. The first-order valence-corrected chi connectivity index (χ1v) is 8.38. The molecule has 1 N–H and O–H groups in total. The smallest absolute Gasteiger partial charge is 0.227 e. The molecule has 0 radical (unpaired) electrons. The van der Waals surface area contributed by atoms with E-state index in [1.54, 1.807) is 18.4 Å². The van der Waals surface area contributed by atoms with Gasteiger partial charge in [-0.2, -0.15) is 11.3 Å². The van der Waals surface area contributed by atoms with Crippen molar-refractivity contribution in [3.63, 3.8) is 0 Å². The maximum atomic E-state index is 12.7. The van der Waals surface area contributed by atoms with Gasteiger partial charge in [-0.25, -0.2) is 0 Å². The number of ether oxygens (including phenoxy) is 1. The molecule has 1 fully saturated rings. The van der Waals surface area contributed by atoms with Crippen LogP contribution >= 0.6 is 23.7 Å². The van der Waals surface area contributed by atoms with Crippen molar-refractivity contribution < 1.29 is 9.53 Å². The highest BCUT2D eigenvalue weighted by atomic mass is 35.5. The van der Waals surface area contributed by atoms with E-state index in [2.05, 4.69) is 5.32 Å². The molecule has 2 heterocycles. The molecule has 1 aromatic carbocycles. The van der Waals surface area contributed by atoms with Gasteiger partial charge in [-0.05, 0) is 28.5 Å². The van der Waals surface area contributed by atoms with Crippen molar-refractivity contribution in [3.05, 3.63) is 52.2 Å². The van der Waals surface area contributed by atoms with Gasteiger partial charge in [-0.1, -0.05) is 18.2 Å². The fraction of sp³-hybridized carbons (Fsp3) is 0.353. The molecule has 1 aliphatic heterocycles. The van der Waals surface area contributed by atoms with E-state index in [9.17, 15) is 4.79 Å². The Hall–Kier alpha value is -1.56. The van der Waals surface area contributed by atoms with Gasteiger partial charge in [0.15, 0.2) is 0 Å². The maximum Gasteiger partial charge on any atom is 0.227 e. The van der Waals surface area contributed by atoms with Crippen LogP contribution in [0.2, 0.25) is 0 Å². The minimum atomic E-state index is 0. The molecule has 1 amide bonds. The predicted molar refractivity (Wildman–Crippen MR) is 95.6 cm³/mol. The molecule has 1 unspecified atom stereocenters. The van der Waals surface area contributed by atoms with Crippen molar-refractivity contribution in [2.45, 2.75) is 12.5 Å². The van der Waals surface area contributed by atoms with Crippen LogP contribution in [0.25, 0.3) is 0 Å². The van der Waals surface area contributed by atoms with Gasteiger partial charge in [0.25, 0.3) is 0 Å². The van der Waals surface area contributed by atoms with Crippen LogP contribution in [0.1, 0.15) is 17.2 Å². The molecule has 2 aromatic rings. The Morgan fingerprint density at radius 1 is 1.39 bits per heavy atom. The maximum absolute atomic E-state index is 12.7. The molecule has 23 heavy (non-hydrogen) atoms. The van der Waals surface area contributed by atoms with E-state index in [0.717, 1.165) is 36.5 Å². The molecule has 4 nitrogen and oxygen atoms in total. The van der Waals surface area contributed by atoms with Crippen molar-refractivity contribution >= 4 is 29.7 Å². The number of amides is 1. The molecule has 0 aliphatic carbocycles. The summed E-state index contributed by atoms with van der Waals surface area (Å²) < 4.78 is 5.47. The van der Waals surface area contributed by atoms with Crippen molar-refractivity contribution in [3.8, 4) is 5.75 Å². The van der Waals surface area contributed by atoms with E-state index < -0.39 is 0 Å². The fourth-order valence-electron chi connectivity index (χ4n) is 2.89. The zero-order valence-electron chi connectivity index (χ0n) is 13.0. The Balaban J connectivity index is 0.00000192. The van der Waals surface area contributed by atoms with Crippen LogP contribution in [0.15, 0.2) is 41.1 Å². The standard InChI is InChI=1S/C17H20N2O2S.ClH/c1-21-16-5-3-2-4-14(16)15-11-18-7-8-19(15)17(20)10-13-6-9-22-12-13;/h2-6,9,12,15,18H,7-8,10-11H2,1H3;1H. The second-order valence-electron chi connectivity index (χ2n) is 5.36. The van der Waals surface area contributed by atoms with Gasteiger partial charge in [0, 0.05) is 25.2 Å². The number of nitrogens with one attached hydrogen (secondary N) is 1. The van der Waals surface area contributed by atoms with Crippen LogP contribution in [0, 0.1) is 0 Å². The van der Waals surface area contributed by atoms with Gasteiger partial charge < -0.3 is 15.0 Å². The minimum Gasteiger partial charge on any atom is -0.496 e. The number of carbonyl (C=O) groups is 1. The Morgan fingerprint density at radius 2 is 2.22 bits per heavy atom. The van der Waals surface area contributed by atoms with Gasteiger partial charge in [0.1, 0.15) is 5.75 Å². The molecule has 3 rings (SSSR count). The summed E-state index contributed by atoms with van der Waals surface area (Å²) in [6, 6.07) is 9.98. The number of benzene rings is 1. The highest BCUT2D eigenvalue weighted by Crippen LogP contribution is 2.30. The van der Waals surface area contributed by atoms with Gasteiger partial charge in [-0.15, -0.1) is 12.4 Å². The summed E-state index contributed by atoms with van der Waals surface area (Å²) in [4.78, 5) is 14.7. The Bertz CT molecular complexity index is 633. The number of thiophene rings is 1. The van der Waals surface area contributed by atoms with Crippen LogP contribution < -0.4 is 10.1 Å². The number of carbonyl (C=O) groups excluding carboxylic acids is 1. The van der Waals surface area contributed by atoms with Crippen LogP contribution in [-0.2, 0) is 11.2 Å². The SMILES string of the molecule is COc1ccccc1C1CNCCN1C(=O)Cc1ccsc1.Cl. The lowest BCUT2D eigenvalue weighted by Crippen LogP contribution is -2.49. The van der Waals surface area contributed by atoms with Crippen molar-refractivity contribution in [1.29, 1.82) is 0 Å². The first-order chi connectivity index (χ1) is 10.8. The summed E-state index contributed by atoms with van der Waals surface area (Å²) >= 11 is 1.63. The second kappa shape index (κ2) is 8.34. The van der Waals surface area contributed by atoms with Crippen molar-refractivity contribution in [1.82, 2.24) is 10.2 Å². The average Bonchev–Trinajstić information content (AvgIpc) is 3.07. The third-order valence-electron chi connectivity index (χ3n) is 4.00. The Labute approximate surface area is 146 Å². The highest BCUT2D eigenvalue weighted by Gasteiger charge is 2.29. The topological polar surface area (TPSA) is 41.6 Å². The minimum absolute atomic E-state index is 0. The number of rotatable bonds is 4. The quantitative estimate of drug-likeness (QED) is 0.920. The van der Waals surface area contributed by atoms with Crippen LogP contribution in [0.4, 0.5) is 0 Å². The number of halogens is 1. The van der Waals surface area contributed by atoms with Crippen molar-refractivity contribution in [2.24, 2.45) is 0 Å². The molecule has 6 heteroatoms. The number of methoxy groups -OCH3 is 1. The van der Waals surface area contributed by atoms with Crippen LogP contribution in [-0.4, -0.2) is 37.6 Å². The first kappa shape index (κ1) is 17.8. The molecule has 0 saturated carbocycles. The number of hydrogen-bond acceptors (Lipinski definition) is 4. The lowest BCUT2D eigenvalue weighted by Gasteiger charge is -2.37. The molecular weight excluding hydrogens is 332 g/mol. The summed E-state index contributed by atoms with van der Waals surface area (Å²) in [5.74, 6) is 1.01. The Morgan fingerprint density at radius 3 is 2.96 bits per heavy atom. The Kier molecular flexibility index (Phi) is 6.45. The summed E-state index contributed by atoms with van der Waals surface area (Å²) in [7, 11) is 1.67. The van der Waals surface area contributed by atoms with Gasteiger partial charge in [0.2, 0.25) is 5.91 Å². The summed E-state index contributed by atoms with van der Waals surface area (Å²) in [6.45, 7) is 2.32. The normalized spacial score (nSPS) is 17.4. The van der Waals surface area contributed by atoms with E-state index in [4.69, 9.17) is 4.74 Å². The third-order valence-corrected chi connectivity index (χ3v) is 4.73. The second-order valence-corrected chi connectivity index (χ2v) is 6.14. The monoisotopic (exact) mass is 352 g/mol. The number of piperazine rings is 1. The summed E-state index contributed by atoms with van der Waals surface area (Å²) in [6.07, 6.45) is 0.467. The van der Waals surface area contributed by atoms with Crippen LogP contribution in [0.3, 0.4) is 0 Å². The summed E-state index contributed by atoms with van der Waals surface area (Å²) in [5.41, 5.74) is 2.16. The number of nitrogens with zero attached hydrogens (tertiary/aromatic N) is 1. The van der Waals surface area contributed by atoms with E-state index in [1.807, 2.05) is 46.0 Å². The zero-order chi connectivity index (χ0) is 15.4. The molecule has 1 aliphatic rings. The predicted octanol–water partition coefficient (Wildman–Crippen LogP) is 2.89. The highest BCUT2D eigenvalue weighted by molar-refractivity contribution is 7.08. The molecule has 1 atom stereocenters. The molecule has 0 bridgehead atoms. The van der Waals surface area contributed by atoms with Crippen LogP contribution in [0.5, 0.6) is 5.75 Å². The average molecular weight is 353 g/mol. The van der Waals surface area contributed by atoms with E-state index >= 15 is 0 Å². The first-order valence-electron chi connectivity index (χ1n) is 7.44. The van der Waals surface area contributed by atoms with Gasteiger partial charge >= 0.3 is 0 Å². The third kappa shape index (κ3) is 4.05. The molecule has 0 spiro atoms. The largest absolute Gasteiger partial charge is 0.496 e. The summed E-state index contributed by atoms with van der Waals surface area (Å²) in [5, 5.41) is 7.43. The zero-order valence-corrected chi connectivity index (χ0v) is 14.7. The van der Waals surface area contributed by atoms with E-state index in [0.29, 0.717) is 6.42 Å². The van der Waals surface area contributed by atoms with Gasteiger partial charge in [0.05, 0.1) is 19.6 Å². The van der Waals surface area contributed by atoms with E-state index in [-0.39, 0.29) is 24.4 Å². The van der Waals surface area contributed by atoms with Crippen molar-refractivity contribution in [2.75, 3.05) is 26.7 Å². The van der Waals surface area contributed by atoms with Gasteiger partial charge in [-0.3, -0.25) is 4.79 Å². The molecule has 1 aromatic heterocycles. The molecular formula is C17H21ClN2O2S. The number of para-hydroxylation sites is 1. The molecule has 124 valence electrons. The molecule has 1 saturated heterocycles. The number of hydrogen-bond donors (Lipinski definition) is 1. The van der Waals surface area contributed by atoms with E-state index in [1.165, 1.54) is 0 Å².